The number of carbonyl (C=O) groups is 2. The molecule has 0 saturated carbocycles. The predicted molar refractivity (Wildman–Crippen MR) is 54.7 cm³/mol. The summed E-state index contributed by atoms with van der Waals surface area (Å²) in [5.74, 6) is -0.561. The third-order valence-electron chi connectivity index (χ3n) is 1.59. The molecule has 4 heteroatoms. The molecular weight excluding hydrogens is 196 g/mol. The Bertz CT molecular complexity index is 382. The van der Waals surface area contributed by atoms with E-state index in [4.69, 9.17) is 9.84 Å². The number of allylic oxidation sites excluding steroid dienone is 1. The zero-order chi connectivity index (χ0) is 11.1. The van der Waals surface area contributed by atoms with Gasteiger partial charge in [-0.25, -0.2) is 4.79 Å². The van der Waals surface area contributed by atoms with E-state index in [1.165, 1.54) is 6.08 Å². The second-order valence-electron chi connectivity index (χ2n) is 2.75. The Labute approximate surface area is 86.8 Å². The van der Waals surface area contributed by atoms with E-state index in [9.17, 15) is 9.59 Å². The van der Waals surface area contributed by atoms with E-state index in [2.05, 4.69) is 0 Å². The molecule has 0 heterocycles. The van der Waals surface area contributed by atoms with Crippen LogP contribution in [0.15, 0.2) is 30.3 Å². The maximum atomic E-state index is 10.2. The second kappa shape index (κ2) is 5.59. The minimum Gasteiger partial charge on any atom is -0.482 e. The number of carboxylic acids is 1. The van der Waals surface area contributed by atoms with Crippen LogP contribution in [0.25, 0.3) is 6.08 Å². The molecule has 0 aliphatic rings. The van der Waals surface area contributed by atoms with Crippen LogP contribution in [0.1, 0.15) is 5.56 Å². The second-order valence-corrected chi connectivity index (χ2v) is 2.75. The molecule has 0 bridgehead atoms. The molecule has 0 spiro atoms. The van der Waals surface area contributed by atoms with Crippen molar-refractivity contribution in [2.45, 2.75) is 0 Å². The van der Waals surface area contributed by atoms with E-state index in [1.54, 1.807) is 30.3 Å². The van der Waals surface area contributed by atoms with Gasteiger partial charge in [-0.15, -0.1) is 0 Å². The van der Waals surface area contributed by atoms with E-state index in [0.717, 1.165) is 5.56 Å². The first-order chi connectivity index (χ1) is 7.22. The highest BCUT2D eigenvalue weighted by Crippen LogP contribution is 2.14. The van der Waals surface area contributed by atoms with Crippen LogP contribution in [-0.2, 0) is 9.59 Å². The van der Waals surface area contributed by atoms with Gasteiger partial charge < -0.3 is 9.84 Å². The zero-order valence-corrected chi connectivity index (χ0v) is 7.92. The van der Waals surface area contributed by atoms with Crippen LogP contribution in [0, 0.1) is 0 Å². The molecule has 1 aromatic carbocycles. The average molecular weight is 206 g/mol. The van der Waals surface area contributed by atoms with Crippen LogP contribution in [0.3, 0.4) is 0 Å². The summed E-state index contributed by atoms with van der Waals surface area (Å²) in [6.07, 6.45) is 3.64. The number of benzene rings is 1. The van der Waals surface area contributed by atoms with Crippen molar-refractivity contribution < 1.29 is 19.4 Å². The van der Waals surface area contributed by atoms with E-state index >= 15 is 0 Å². The molecule has 0 amide bonds. The minimum absolute atomic E-state index is 0.374. The van der Waals surface area contributed by atoms with Crippen LogP contribution in [0.2, 0.25) is 0 Å². The predicted octanol–water partition coefficient (Wildman–Crippen LogP) is 1.36. The van der Waals surface area contributed by atoms with Gasteiger partial charge in [-0.05, 0) is 23.8 Å². The number of carboxylic acid groups (broad SMARTS) is 1. The third kappa shape index (κ3) is 4.08. The summed E-state index contributed by atoms with van der Waals surface area (Å²) in [6.45, 7) is -0.374. The van der Waals surface area contributed by atoms with Crippen molar-refractivity contribution in [3.8, 4) is 5.75 Å². The van der Waals surface area contributed by atoms with Crippen molar-refractivity contribution in [1.82, 2.24) is 0 Å². The lowest BCUT2D eigenvalue weighted by Gasteiger charge is -2.03. The van der Waals surface area contributed by atoms with Crippen molar-refractivity contribution in [2.75, 3.05) is 6.61 Å². The summed E-state index contributed by atoms with van der Waals surface area (Å²) >= 11 is 0. The van der Waals surface area contributed by atoms with Gasteiger partial charge in [0, 0.05) is 0 Å². The average Bonchev–Trinajstić information content (AvgIpc) is 2.24. The summed E-state index contributed by atoms with van der Waals surface area (Å²) in [5.41, 5.74) is 0.782. The summed E-state index contributed by atoms with van der Waals surface area (Å²) in [4.78, 5) is 20.3. The maximum Gasteiger partial charge on any atom is 0.341 e. The molecule has 1 N–H and O–H groups in total. The van der Waals surface area contributed by atoms with Gasteiger partial charge in [0.1, 0.15) is 12.0 Å². The molecule has 0 aromatic heterocycles. The molecule has 0 atom stereocenters. The van der Waals surface area contributed by atoms with Crippen LogP contribution >= 0.6 is 0 Å². The van der Waals surface area contributed by atoms with Crippen LogP contribution in [0.4, 0.5) is 0 Å². The van der Waals surface area contributed by atoms with Crippen LogP contribution in [0.5, 0.6) is 5.75 Å². The van der Waals surface area contributed by atoms with Crippen molar-refractivity contribution in [3.05, 3.63) is 35.9 Å². The lowest BCUT2D eigenvalue weighted by atomic mass is 10.2. The molecule has 4 nitrogen and oxygen atoms in total. The first-order valence-electron chi connectivity index (χ1n) is 4.29. The van der Waals surface area contributed by atoms with Crippen molar-refractivity contribution >= 4 is 18.3 Å². The molecule has 15 heavy (non-hydrogen) atoms. The topological polar surface area (TPSA) is 63.6 Å². The van der Waals surface area contributed by atoms with Crippen molar-refractivity contribution in [3.63, 3.8) is 0 Å². The maximum absolute atomic E-state index is 10.2. The quantitative estimate of drug-likeness (QED) is 0.583. The smallest absolute Gasteiger partial charge is 0.341 e. The Balaban J connectivity index is 2.69. The summed E-state index contributed by atoms with van der Waals surface area (Å²) in [6, 6.07) is 6.82. The largest absolute Gasteiger partial charge is 0.482 e. The number of hydrogen-bond acceptors (Lipinski definition) is 3. The fourth-order valence-electron chi connectivity index (χ4n) is 1.00. The minimum atomic E-state index is -1.02. The number of aliphatic carboxylic acids is 1. The molecule has 0 radical (unpaired) electrons. The molecule has 0 saturated heterocycles. The lowest BCUT2D eigenvalue weighted by molar-refractivity contribution is -0.139. The van der Waals surface area contributed by atoms with Gasteiger partial charge in [0.15, 0.2) is 6.61 Å². The number of aldehydes is 1. The molecule has 0 unspecified atom stereocenters. The molecule has 78 valence electrons. The van der Waals surface area contributed by atoms with E-state index in [1.807, 2.05) is 0 Å². The third-order valence-corrected chi connectivity index (χ3v) is 1.59. The van der Waals surface area contributed by atoms with Gasteiger partial charge in [-0.2, -0.15) is 0 Å². The van der Waals surface area contributed by atoms with E-state index < -0.39 is 5.97 Å². The highest BCUT2D eigenvalue weighted by atomic mass is 16.5. The number of ether oxygens (including phenoxy) is 1. The van der Waals surface area contributed by atoms with Crippen molar-refractivity contribution in [2.24, 2.45) is 0 Å². The standard InChI is InChI=1S/C11H10O4/c12-6-2-4-9-3-1-5-10(7-9)15-8-11(13)14/h1-7H,8H2,(H,13,14). The lowest BCUT2D eigenvalue weighted by Crippen LogP contribution is -2.09. The first-order valence-corrected chi connectivity index (χ1v) is 4.29. The highest BCUT2D eigenvalue weighted by molar-refractivity contribution is 5.74. The van der Waals surface area contributed by atoms with Gasteiger partial charge in [0.2, 0.25) is 0 Å². The Morgan fingerprint density at radius 1 is 1.47 bits per heavy atom. The summed E-state index contributed by atoms with van der Waals surface area (Å²) in [5, 5.41) is 8.40. The molecule has 0 fully saturated rings. The molecule has 0 aliphatic heterocycles. The Kier molecular flexibility index (Phi) is 4.09. The number of rotatable bonds is 5. The Morgan fingerprint density at radius 2 is 2.27 bits per heavy atom. The van der Waals surface area contributed by atoms with Gasteiger partial charge in [-0.1, -0.05) is 18.2 Å². The number of carbonyl (C=O) groups excluding carboxylic acids is 1. The fourth-order valence-corrected chi connectivity index (χ4v) is 1.00. The summed E-state index contributed by atoms with van der Waals surface area (Å²) < 4.78 is 4.97. The van der Waals surface area contributed by atoms with Gasteiger partial charge >= 0.3 is 5.97 Å². The van der Waals surface area contributed by atoms with Crippen LogP contribution < -0.4 is 4.74 Å². The SMILES string of the molecule is O=CC=Cc1cccc(OCC(=O)O)c1. The van der Waals surface area contributed by atoms with E-state index in [-0.39, 0.29) is 6.61 Å². The first kappa shape index (κ1) is 11.0. The van der Waals surface area contributed by atoms with E-state index in [0.29, 0.717) is 12.0 Å². The zero-order valence-electron chi connectivity index (χ0n) is 7.92. The monoisotopic (exact) mass is 206 g/mol. The molecule has 1 aromatic rings. The molecular formula is C11H10O4. The van der Waals surface area contributed by atoms with Crippen molar-refractivity contribution in [1.29, 1.82) is 0 Å². The fraction of sp³-hybridized carbons (Fsp3) is 0.0909. The van der Waals surface area contributed by atoms with Gasteiger partial charge in [0.25, 0.3) is 0 Å². The molecule has 0 aliphatic carbocycles. The summed E-state index contributed by atoms with van der Waals surface area (Å²) in [7, 11) is 0. The Morgan fingerprint density at radius 3 is 2.93 bits per heavy atom. The highest BCUT2D eigenvalue weighted by Gasteiger charge is 1.98. The molecule has 1 rings (SSSR count). The van der Waals surface area contributed by atoms with Gasteiger partial charge in [0.05, 0.1) is 0 Å². The normalized spacial score (nSPS) is 10.1. The van der Waals surface area contributed by atoms with Crippen LogP contribution in [-0.4, -0.2) is 24.0 Å². The van der Waals surface area contributed by atoms with Gasteiger partial charge in [-0.3, -0.25) is 4.79 Å². The number of hydrogen-bond donors (Lipinski definition) is 1. The Hall–Kier alpha value is -2.10.